The van der Waals surface area contributed by atoms with Crippen molar-refractivity contribution in [2.75, 3.05) is 13.1 Å². The zero-order valence-corrected chi connectivity index (χ0v) is 11.7. The Bertz CT molecular complexity index is 618. The van der Waals surface area contributed by atoms with Crippen molar-refractivity contribution < 1.29 is 4.79 Å². The van der Waals surface area contributed by atoms with Crippen LogP contribution in [0.1, 0.15) is 25.6 Å². The van der Waals surface area contributed by atoms with E-state index >= 15 is 0 Å². The van der Waals surface area contributed by atoms with Crippen LogP contribution in [0, 0.1) is 5.92 Å². The first-order chi connectivity index (χ1) is 9.72. The van der Waals surface area contributed by atoms with Gasteiger partial charge in [0, 0.05) is 17.5 Å². The number of piperidine rings is 1. The molecule has 1 saturated heterocycles. The lowest BCUT2D eigenvalue weighted by Crippen LogP contribution is -2.35. The summed E-state index contributed by atoms with van der Waals surface area (Å²) in [6.45, 7) is 4.39. The highest BCUT2D eigenvalue weighted by Crippen LogP contribution is 2.19. The van der Waals surface area contributed by atoms with Gasteiger partial charge >= 0.3 is 0 Å². The summed E-state index contributed by atoms with van der Waals surface area (Å²) in [7, 11) is 0. The molecule has 0 aliphatic carbocycles. The highest BCUT2D eigenvalue weighted by molar-refractivity contribution is 5.78. The fraction of sp³-hybridized carbons (Fsp3) is 0.438. The fourth-order valence-corrected chi connectivity index (χ4v) is 2.78. The van der Waals surface area contributed by atoms with Gasteiger partial charge in [0.05, 0.1) is 12.1 Å². The van der Waals surface area contributed by atoms with Gasteiger partial charge in [-0.3, -0.25) is 9.69 Å². The number of para-hydroxylation sites is 1. The molecule has 4 nitrogen and oxygen atoms in total. The number of fused-ring (bicyclic) bond motifs is 1. The average Bonchev–Trinajstić information content (AvgIpc) is 2.48. The monoisotopic (exact) mass is 269 g/mol. The molecule has 1 aromatic heterocycles. The topological polar surface area (TPSA) is 46.1 Å². The van der Waals surface area contributed by atoms with Crippen LogP contribution in [0.15, 0.2) is 30.5 Å². The Kier molecular flexibility index (Phi) is 3.74. The van der Waals surface area contributed by atoms with Crippen LogP contribution < -0.4 is 0 Å². The predicted molar refractivity (Wildman–Crippen MR) is 78.2 cm³/mol. The second kappa shape index (κ2) is 5.67. The summed E-state index contributed by atoms with van der Waals surface area (Å²) < 4.78 is 0. The molecule has 2 aromatic rings. The molecule has 1 aliphatic rings. The van der Waals surface area contributed by atoms with Crippen LogP contribution in [0.4, 0.5) is 0 Å². The van der Waals surface area contributed by atoms with Crippen molar-refractivity contribution in [3.63, 3.8) is 0 Å². The fourth-order valence-electron chi connectivity index (χ4n) is 2.78. The van der Waals surface area contributed by atoms with Gasteiger partial charge in [-0.2, -0.15) is 0 Å². The van der Waals surface area contributed by atoms with Crippen LogP contribution in [-0.2, 0) is 11.3 Å². The summed E-state index contributed by atoms with van der Waals surface area (Å²) in [6, 6.07) is 8.04. The van der Waals surface area contributed by atoms with E-state index in [1.54, 1.807) is 6.92 Å². The van der Waals surface area contributed by atoms with Crippen LogP contribution in [-0.4, -0.2) is 33.7 Å². The van der Waals surface area contributed by atoms with E-state index in [9.17, 15) is 4.79 Å². The van der Waals surface area contributed by atoms with E-state index in [1.165, 1.54) is 0 Å². The summed E-state index contributed by atoms with van der Waals surface area (Å²) in [4.78, 5) is 22.7. The highest BCUT2D eigenvalue weighted by Gasteiger charge is 2.22. The van der Waals surface area contributed by atoms with Gasteiger partial charge in [0.1, 0.15) is 11.6 Å². The van der Waals surface area contributed by atoms with Crippen molar-refractivity contribution in [3.05, 3.63) is 36.3 Å². The molecule has 104 valence electrons. The Balaban J connectivity index is 1.66. The van der Waals surface area contributed by atoms with Gasteiger partial charge in [0.15, 0.2) is 0 Å². The lowest BCUT2D eigenvalue weighted by atomic mass is 9.93. The van der Waals surface area contributed by atoms with E-state index in [0.717, 1.165) is 49.2 Å². The summed E-state index contributed by atoms with van der Waals surface area (Å²) in [5.41, 5.74) is 0.996. The Morgan fingerprint density at radius 2 is 2.05 bits per heavy atom. The lowest BCUT2D eigenvalue weighted by molar-refractivity contribution is -0.122. The Hall–Kier alpha value is -1.81. The molecule has 0 radical (unpaired) electrons. The molecule has 0 unspecified atom stereocenters. The molecule has 0 bridgehead atoms. The summed E-state index contributed by atoms with van der Waals surface area (Å²) in [5, 5.41) is 1.08. The molecule has 0 amide bonds. The Morgan fingerprint density at radius 1 is 1.30 bits per heavy atom. The second-order valence-electron chi connectivity index (χ2n) is 5.51. The maximum absolute atomic E-state index is 11.4. The molecule has 0 saturated carbocycles. The number of carbonyl (C=O) groups excluding carboxylic acids is 1. The molecular weight excluding hydrogens is 250 g/mol. The third kappa shape index (κ3) is 2.85. The lowest BCUT2D eigenvalue weighted by Gasteiger charge is -2.30. The van der Waals surface area contributed by atoms with Gasteiger partial charge in [-0.25, -0.2) is 9.97 Å². The average molecular weight is 269 g/mol. The van der Waals surface area contributed by atoms with E-state index in [-0.39, 0.29) is 5.92 Å². The maximum Gasteiger partial charge on any atom is 0.142 e. The van der Waals surface area contributed by atoms with Crippen molar-refractivity contribution in [3.8, 4) is 0 Å². The minimum atomic E-state index is 0.253. The van der Waals surface area contributed by atoms with Crippen molar-refractivity contribution in [2.45, 2.75) is 26.3 Å². The van der Waals surface area contributed by atoms with Gasteiger partial charge in [-0.15, -0.1) is 0 Å². The number of benzene rings is 1. The van der Waals surface area contributed by atoms with Crippen LogP contribution >= 0.6 is 0 Å². The molecule has 4 heteroatoms. The number of nitrogens with zero attached hydrogens (tertiary/aromatic N) is 3. The van der Waals surface area contributed by atoms with Gasteiger partial charge < -0.3 is 0 Å². The number of rotatable bonds is 3. The molecule has 0 atom stereocenters. The molecular formula is C16H19N3O. The molecule has 3 rings (SSSR count). The van der Waals surface area contributed by atoms with E-state index < -0.39 is 0 Å². The minimum absolute atomic E-state index is 0.253. The van der Waals surface area contributed by atoms with Crippen molar-refractivity contribution in [2.24, 2.45) is 5.92 Å². The zero-order chi connectivity index (χ0) is 13.9. The third-order valence-corrected chi connectivity index (χ3v) is 4.07. The van der Waals surface area contributed by atoms with Crippen molar-refractivity contribution in [1.82, 2.24) is 14.9 Å². The molecule has 20 heavy (non-hydrogen) atoms. The highest BCUT2D eigenvalue weighted by atomic mass is 16.1. The molecule has 0 spiro atoms. The Morgan fingerprint density at radius 3 is 2.80 bits per heavy atom. The standard InChI is InChI=1S/C16H19N3O/c1-12(20)13-6-8-19(9-7-13)11-16-17-10-14-4-2-3-5-15(14)18-16/h2-5,10,13H,6-9,11H2,1H3. The number of carbonyl (C=O) groups is 1. The van der Waals surface area contributed by atoms with Crippen LogP contribution in [0.25, 0.3) is 10.9 Å². The predicted octanol–water partition coefficient (Wildman–Crippen LogP) is 2.43. The Labute approximate surface area is 118 Å². The first-order valence-electron chi connectivity index (χ1n) is 7.16. The number of hydrogen-bond donors (Lipinski definition) is 0. The molecule has 0 N–H and O–H groups in total. The van der Waals surface area contributed by atoms with Gasteiger partial charge in [-0.1, -0.05) is 18.2 Å². The van der Waals surface area contributed by atoms with E-state index in [2.05, 4.69) is 14.9 Å². The second-order valence-corrected chi connectivity index (χ2v) is 5.51. The number of aromatic nitrogens is 2. The SMILES string of the molecule is CC(=O)C1CCN(Cc2ncc3ccccc3n2)CC1. The molecule has 1 fully saturated rings. The van der Waals surface area contributed by atoms with Crippen molar-refractivity contribution in [1.29, 1.82) is 0 Å². The summed E-state index contributed by atoms with van der Waals surface area (Å²) >= 11 is 0. The molecule has 1 aliphatic heterocycles. The van der Waals surface area contributed by atoms with E-state index in [0.29, 0.717) is 5.78 Å². The summed E-state index contributed by atoms with van der Waals surface area (Å²) in [6.07, 6.45) is 3.81. The third-order valence-electron chi connectivity index (χ3n) is 4.07. The van der Waals surface area contributed by atoms with Crippen LogP contribution in [0.3, 0.4) is 0 Å². The summed E-state index contributed by atoms with van der Waals surface area (Å²) in [5.74, 6) is 1.44. The number of Topliss-reactive ketones (excluding diaryl/α,β-unsaturated/α-hetero) is 1. The molecule has 1 aromatic carbocycles. The zero-order valence-electron chi connectivity index (χ0n) is 11.7. The number of likely N-dealkylation sites (tertiary alicyclic amines) is 1. The van der Waals surface area contributed by atoms with Gasteiger partial charge in [0.2, 0.25) is 0 Å². The van der Waals surface area contributed by atoms with Gasteiger partial charge in [0.25, 0.3) is 0 Å². The van der Waals surface area contributed by atoms with Crippen molar-refractivity contribution >= 4 is 16.7 Å². The first-order valence-corrected chi connectivity index (χ1v) is 7.16. The maximum atomic E-state index is 11.4. The minimum Gasteiger partial charge on any atom is -0.300 e. The van der Waals surface area contributed by atoms with E-state index in [1.807, 2.05) is 30.5 Å². The molecule has 2 heterocycles. The van der Waals surface area contributed by atoms with Crippen LogP contribution in [0.5, 0.6) is 0 Å². The number of ketones is 1. The van der Waals surface area contributed by atoms with Crippen LogP contribution in [0.2, 0.25) is 0 Å². The van der Waals surface area contributed by atoms with Gasteiger partial charge in [-0.05, 0) is 38.9 Å². The quantitative estimate of drug-likeness (QED) is 0.858. The largest absolute Gasteiger partial charge is 0.300 e. The number of hydrogen-bond acceptors (Lipinski definition) is 4. The smallest absolute Gasteiger partial charge is 0.142 e. The first kappa shape index (κ1) is 13.2. The normalized spacial score (nSPS) is 17.4. The van der Waals surface area contributed by atoms with E-state index in [4.69, 9.17) is 0 Å².